The Morgan fingerprint density at radius 2 is 2.29 bits per heavy atom. The molecule has 86 valence electrons. The third-order valence-corrected chi connectivity index (χ3v) is 3.30. The molecule has 2 aromatic heterocycles. The van der Waals surface area contributed by atoms with Gasteiger partial charge in [-0.25, -0.2) is 9.37 Å². The molecule has 1 unspecified atom stereocenters. The minimum absolute atomic E-state index is 0.165. The smallest absolute Gasteiger partial charge is 0.170 e. The second kappa shape index (κ2) is 3.94. The van der Waals surface area contributed by atoms with Crippen LogP contribution in [-0.2, 0) is 0 Å². The van der Waals surface area contributed by atoms with Gasteiger partial charge in [-0.3, -0.25) is 0 Å². The van der Waals surface area contributed by atoms with Crippen LogP contribution in [0.3, 0.4) is 0 Å². The Morgan fingerprint density at radius 3 is 3.00 bits per heavy atom. The lowest BCUT2D eigenvalue weighted by Gasteiger charge is -2.01. The third kappa shape index (κ3) is 1.73. The van der Waals surface area contributed by atoms with E-state index in [4.69, 9.17) is 4.42 Å². The number of para-hydroxylation sites is 1. The monoisotopic (exact) mass is 249 g/mol. The van der Waals surface area contributed by atoms with Crippen LogP contribution in [0.1, 0.15) is 16.9 Å². The minimum Gasteiger partial charge on any atom is -0.455 e. The van der Waals surface area contributed by atoms with Crippen molar-refractivity contribution in [3.8, 4) is 0 Å². The number of hydrogen-bond acceptors (Lipinski definition) is 4. The van der Waals surface area contributed by atoms with Crippen molar-refractivity contribution in [2.45, 2.75) is 6.10 Å². The summed E-state index contributed by atoms with van der Waals surface area (Å²) in [4.78, 5) is 4.00. The number of thiazole rings is 1. The summed E-state index contributed by atoms with van der Waals surface area (Å²) < 4.78 is 18.7. The lowest BCUT2D eigenvalue weighted by molar-refractivity contribution is 0.191. The second-order valence-corrected chi connectivity index (χ2v) is 4.51. The van der Waals surface area contributed by atoms with Crippen LogP contribution in [0.5, 0.6) is 0 Å². The predicted molar refractivity (Wildman–Crippen MR) is 62.3 cm³/mol. The van der Waals surface area contributed by atoms with Crippen molar-refractivity contribution in [3.05, 3.63) is 52.4 Å². The number of rotatable bonds is 2. The average Bonchev–Trinajstić information content (AvgIpc) is 2.98. The molecule has 3 aromatic rings. The van der Waals surface area contributed by atoms with Crippen molar-refractivity contribution >= 4 is 22.3 Å². The van der Waals surface area contributed by atoms with E-state index in [1.165, 1.54) is 17.4 Å². The molecule has 5 heteroatoms. The van der Waals surface area contributed by atoms with Crippen LogP contribution < -0.4 is 0 Å². The Labute approximate surface area is 100 Å². The first-order valence-corrected chi connectivity index (χ1v) is 5.89. The summed E-state index contributed by atoms with van der Waals surface area (Å²) in [6, 6.07) is 6.29. The van der Waals surface area contributed by atoms with Crippen LogP contribution in [0.25, 0.3) is 11.0 Å². The van der Waals surface area contributed by atoms with Crippen LogP contribution in [0.2, 0.25) is 0 Å². The zero-order valence-electron chi connectivity index (χ0n) is 8.63. The first-order chi connectivity index (χ1) is 8.25. The predicted octanol–water partition coefficient (Wildman–Crippen LogP) is 3.11. The minimum atomic E-state index is -0.943. The highest BCUT2D eigenvalue weighted by Gasteiger charge is 2.18. The first kappa shape index (κ1) is 10.4. The summed E-state index contributed by atoms with van der Waals surface area (Å²) in [5.41, 5.74) is 0.165. The molecule has 0 aliphatic heterocycles. The van der Waals surface area contributed by atoms with Crippen LogP contribution >= 0.6 is 11.3 Å². The number of hydrogen-bond donors (Lipinski definition) is 1. The first-order valence-electron chi connectivity index (χ1n) is 5.01. The molecular weight excluding hydrogens is 241 g/mol. The number of nitrogens with zero attached hydrogens (tertiary/aromatic N) is 1. The molecule has 0 aliphatic carbocycles. The molecule has 17 heavy (non-hydrogen) atoms. The molecule has 3 rings (SSSR count). The van der Waals surface area contributed by atoms with E-state index in [-0.39, 0.29) is 5.58 Å². The average molecular weight is 249 g/mol. The normalized spacial score (nSPS) is 13.1. The summed E-state index contributed by atoms with van der Waals surface area (Å²) in [5.74, 6) is -0.125. The fourth-order valence-corrected chi connectivity index (χ4v) is 2.30. The van der Waals surface area contributed by atoms with E-state index in [9.17, 15) is 9.50 Å². The lowest BCUT2D eigenvalue weighted by atomic mass is 10.2. The molecule has 0 saturated carbocycles. The number of benzene rings is 1. The standard InChI is InChI=1S/C12H8FNO2S/c13-8-3-1-2-7-6-9(16-11(7)8)10(15)12-14-4-5-17-12/h1-6,10,15H. The number of aromatic nitrogens is 1. The van der Waals surface area contributed by atoms with Gasteiger partial charge in [0.1, 0.15) is 10.8 Å². The fraction of sp³-hybridized carbons (Fsp3) is 0.0833. The highest BCUT2D eigenvalue weighted by molar-refractivity contribution is 7.09. The van der Waals surface area contributed by atoms with Crippen molar-refractivity contribution in [1.82, 2.24) is 4.98 Å². The van der Waals surface area contributed by atoms with Crippen LogP contribution in [0.4, 0.5) is 4.39 Å². The molecule has 1 N–H and O–H groups in total. The van der Waals surface area contributed by atoms with Crippen LogP contribution in [-0.4, -0.2) is 10.1 Å². The molecule has 0 radical (unpaired) electrons. The van der Waals surface area contributed by atoms with Gasteiger partial charge < -0.3 is 9.52 Å². The van der Waals surface area contributed by atoms with E-state index in [1.54, 1.807) is 29.8 Å². The van der Waals surface area contributed by atoms with Gasteiger partial charge in [0.15, 0.2) is 17.5 Å². The highest BCUT2D eigenvalue weighted by Crippen LogP contribution is 2.30. The summed E-state index contributed by atoms with van der Waals surface area (Å²) >= 11 is 1.33. The van der Waals surface area contributed by atoms with E-state index in [0.717, 1.165) is 0 Å². The van der Waals surface area contributed by atoms with Gasteiger partial charge in [-0.2, -0.15) is 0 Å². The van der Waals surface area contributed by atoms with Gasteiger partial charge in [-0.15, -0.1) is 11.3 Å². The maximum atomic E-state index is 13.4. The van der Waals surface area contributed by atoms with Crippen molar-refractivity contribution in [2.24, 2.45) is 0 Å². The Morgan fingerprint density at radius 1 is 1.41 bits per heavy atom. The molecule has 0 saturated heterocycles. The van der Waals surface area contributed by atoms with Gasteiger partial charge in [0.2, 0.25) is 0 Å². The van der Waals surface area contributed by atoms with Gasteiger partial charge in [-0.1, -0.05) is 12.1 Å². The second-order valence-electron chi connectivity index (χ2n) is 3.58. The Balaban J connectivity index is 2.10. The molecule has 3 nitrogen and oxygen atoms in total. The quantitative estimate of drug-likeness (QED) is 0.759. The van der Waals surface area contributed by atoms with Crippen LogP contribution in [0.15, 0.2) is 40.3 Å². The Hall–Kier alpha value is -1.72. The molecule has 0 fully saturated rings. The van der Waals surface area contributed by atoms with E-state index in [2.05, 4.69) is 4.98 Å². The highest BCUT2D eigenvalue weighted by atomic mass is 32.1. The van der Waals surface area contributed by atoms with Crippen LogP contribution in [0, 0.1) is 5.82 Å². The molecule has 1 atom stereocenters. The number of furan rings is 1. The van der Waals surface area contributed by atoms with E-state index >= 15 is 0 Å². The maximum Gasteiger partial charge on any atom is 0.170 e. The van der Waals surface area contributed by atoms with Crippen molar-refractivity contribution in [2.75, 3.05) is 0 Å². The maximum absolute atomic E-state index is 13.4. The SMILES string of the molecule is OC(c1cc2cccc(F)c2o1)c1nccs1. The number of fused-ring (bicyclic) bond motifs is 1. The molecule has 0 aliphatic rings. The van der Waals surface area contributed by atoms with Crippen molar-refractivity contribution in [3.63, 3.8) is 0 Å². The number of aliphatic hydroxyl groups excluding tert-OH is 1. The van der Waals surface area contributed by atoms with E-state index < -0.39 is 11.9 Å². The summed E-state index contributed by atoms with van der Waals surface area (Å²) in [6.45, 7) is 0. The lowest BCUT2D eigenvalue weighted by Crippen LogP contribution is -1.96. The van der Waals surface area contributed by atoms with Gasteiger partial charge in [0, 0.05) is 17.0 Å². The van der Waals surface area contributed by atoms with Crippen molar-refractivity contribution < 1.29 is 13.9 Å². The topological polar surface area (TPSA) is 46.3 Å². The van der Waals surface area contributed by atoms with Gasteiger partial charge >= 0.3 is 0 Å². The summed E-state index contributed by atoms with van der Waals surface area (Å²) in [5, 5.41) is 12.9. The molecule has 2 heterocycles. The van der Waals surface area contributed by atoms with Gasteiger partial charge in [0.25, 0.3) is 0 Å². The number of halogens is 1. The zero-order valence-corrected chi connectivity index (χ0v) is 9.45. The third-order valence-electron chi connectivity index (χ3n) is 2.47. The van der Waals surface area contributed by atoms with E-state index in [1.807, 2.05) is 0 Å². The molecule has 0 amide bonds. The zero-order chi connectivity index (χ0) is 11.8. The molecular formula is C12H8FNO2S. The fourth-order valence-electron chi connectivity index (χ4n) is 1.67. The largest absolute Gasteiger partial charge is 0.455 e. The van der Waals surface area contributed by atoms with Crippen molar-refractivity contribution in [1.29, 1.82) is 0 Å². The van der Waals surface area contributed by atoms with Gasteiger partial charge in [-0.05, 0) is 12.1 Å². The summed E-state index contributed by atoms with van der Waals surface area (Å²) in [6.07, 6.45) is 0.661. The van der Waals surface area contributed by atoms with Gasteiger partial charge in [0.05, 0.1) is 0 Å². The number of aliphatic hydroxyl groups is 1. The Bertz CT molecular complexity index is 648. The Kier molecular flexibility index (Phi) is 2.42. The van der Waals surface area contributed by atoms with E-state index in [0.29, 0.717) is 16.2 Å². The molecule has 0 spiro atoms. The molecule has 1 aromatic carbocycles. The molecule has 0 bridgehead atoms. The summed E-state index contributed by atoms with van der Waals surface area (Å²) in [7, 11) is 0.